The van der Waals surface area contributed by atoms with Gasteiger partial charge in [-0.3, -0.25) is 0 Å². The molecule has 0 radical (unpaired) electrons. The van der Waals surface area contributed by atoms with Gasteiger partial charge in [0.2, 0.25) is 5.89 Å². The van der Waals surface area contributed by atoms with E-state index in [2.05, 4.69) is 35.6 Å². The van der Waals surface area contributed by atoms with Crippen LogP contribution in [0.15, 0.2) is 59.0 Å². The van der Waals surface area contributed by atoms with Crippen molar-refractivity contribution in [3.63, 3.8) is 0 Å². The molecule has 0 aliphatic heterocycles. The lowest BCUT2D eigenvalue weighted by Crippen LogP contribution is -2.29. The van der Waals surface area contributed by atoms with Crippen LogP contribution in [0, 0.1) is 0 Å². The third kappa shape index (κ3) is 2.36. The van der Waals surface area contributed by atoms with E-state index in [1.807, 2.05) is 24.3 Å². The van der Waals surface area contributed by atoms with Crippen LogP contribution in [0.3, 0.4) is 0 Å². The summed E-state index contributed by atoms with van der Waals surface area (Å²) in [5.41, 5.74) is 3.46. The number of benzene rings is 2. The molecule has 2 saturated carbocycles. The lowest BCUT2D eigenvalue weighted by molar-refractivity contribution is 0.434. The zero-order valence-corrected chi connectivity index (χ0v) is 13.0. The third-order valence-corrected chi connectivity index (χ3v) is 5.32. The van der Waals surface area contributed by atoms with Crippen LogP contribution in [-0.2, 0) is 5.41 Å². The van der Waals surface area contributed by atoms with Crippen molar-refractivity contribution in [2.75, 3.05) is 6.54 Å². The minimum Gasteiger partial charge on any atom is -0.440 e. The van der Waals surface area contributed by atoms with Gasteiger partial charge in [-0.25, -0.2) is 4.98 Å². The van der Waals surface area contributed by atoms with E-state index in [4.69, 9.17) is 9.40 Å². The Balaban J connectivity index is 1.28. The number of aromatic nitrogens is 1. The van der Waals surface area contributed by atoms with Crippen molar-refractivity contribution < 1.29 is 4.42 Å². The highest BCUT2D eigenvalue weighted by atomic mass is 16.3. The second kappa shape index (κ2) is 4.93. The molecule has 2 fully saturated rings. The van der Waals surface area contributed by atoms with Crippen molar-refractivity contribution in [1.29, 1.82) is 0 Å². The molecule has 3 nitrogen and oxygen atoms in total. The molecule has 23 heavy (non-hydrogen) atoms. The van der Waals surface area contributed by atoms with Gasteiger partial charge in [0.25, 0.3) is 0 Å². The molecule has 0 amide bonds. The summed E-state index contributed by atoms with van der Waals surface area (Å²) in [7, 11) is 0. The van der Waals surface area contributed by atoms with Crippen LogP contribution in [0.25, 0.3) is 11.1 Å². The molecule has 2 atom stereocenters. The molecule has 3 heteroatoms. The fourth-order valence-corrected chi connectivity index (χ4v) is 3.53. The molecular weight excluding hydrogens is 284 g/mol. The summed E-state index contributed by atoms with van der Waals surface area (Å²) < 4.78 is 6.01. The van der Waals surface area contributed by atoms with Gasteiger partial charge in [0.15, 0.2) is 5.58 Å². The molecule has 2 aliphatic rings. The molecule has 1 heterocycles. The van der Waals surface area contributed by atoms with E-state index in [0.29, 0.717) is 12.0 Å². The maximum Gasteiger partial charge on any atom is 0.202 e. The number of oxazole rings is 1. The van der Waals surface area contributed by atoms with E-state index in [9.17, 15) is 0 Å². The minimum atomic E-state index is 0.128. The van der Waals surface area contributed by atoms with Crippen LogP contribution in [0.2, 0.25) is 0 Å². The van der Waals surface area contributed by atoms with Gasteiger partial charge < -0.3 is 9.73 Å². The van der Waals surface area contributed by atoms with E-state index in [0.717, 1.165) is 23.5 Å². The topological polar surface area (TPSA) is 38.1 Å². The molecule has 0 spiro atoms. The first kappa shape index (κ1) is 13.3. The molecule has 3 aromatic rings. The number of hydrogen-bond donors (Lipinski definition) is 1. The summed E-state index contributed by atoms with van der Waals surface area (Å²) in [5, 5.41) is 3.75. The van der Waals surface area contributed by atoms with Gasteiger partial charge in [0.1, 0.15) is 5.52 Å². The molecule has 5 rings (SSSR count). The van der Waals surface area contributed by atoms with E-state index in [-0.39, 0.29) is 5.41 Å². The largest absolute Gasteiger partial charge is 0.440 e. The molecule has 0 bridgehead atoms. The number of fused-ring (bicyclic) bond motifs is 1. The molecule has 2 aromatic carbocycles. The summed E-state index contributed by atoms with van der Waals surface area (Å²) in [6, 6.07) is 19.5. The summed E-state index contributed by atoms with van der Waals surface area (Å²) in [4.78, 5) is 4.72. The molecule has 1 aromatic heterocycles. The number of hydrogen-bond acceptors (Lipinski definition) is 3. The van der Waals surface area contributed by atoms with Crippen molar-refractivity contribution >= 4 is 11.1 Å². The highest BCUT2D eigenvalue weighted by Crippen LogP contribution is 2.49. The average molecular weight is 304 g/mol. The predicted molar refractivity (Wildman–Crippen MR) is 90.5 cm³/mol. The van der Waals surface area contributed by atoms with Gasteiger partial charge in [-0.1, -0.05) is 42.5 Å². The fraction of sp³-hybridized carbons (Fsp3) is 0.350. The highest BCUT2D eigenvalue weighted by molar-refractivity contribution is 5.72. The maximum atomic E-state index is 6.01. The number of nitrogens with zero attached hydrogens (tertiary/aromatic N) is 1. The second-order valence-electron chi connectivity index (χ2n) is 7.01. The Bertz CT molecular complexity index is 802. The van der Waals surface area contributed by atoms with Crippen LogP contribution < -0.4 is 5.32 Å². The van der Waals surface area contributed by atoms with Gasteiger partial charge in [0, 0.05) is 18.5 Å². The van der Waals surface area contributed by atoms with Gasteiger partial charge in [-0.05, 0) is 37.0 Å². The maximum absolute atomic E-state index is 6.01. The van der Waals surface area contributed by atoms with Crippen molar-refractivity contribution in [1.82, 2.24) is 10.3 Å². The zero-order valence-electron chi connectivity index (χ0n) is 13.0. The first-order valence-electron chi connectivity index (χ1n) is 8.48. The van der Waals surface area contributed by atoms with E-state index < -0.39 is 0 Å². The molecular formula is C20H20N2O. The Morgan fingerprint density at radius 3 is 2.61 bits per heavy atom. The summed E-state index contributed by atoms with van der Waals surface area (Å²) in [6.45, 7) is 0.980. The third-order valence-electron chi connectivity index (χ3n) is 5.32. The van der Waals surface area contributed by atoms with E-state index in [1.54, 1.807) is 0 Å². The van der Waals surface area contributed by atoms with Crippen LogP contribution >= 0.6 is 0 Å². The lowest BCUT2D eigenvalue weighted by Gasteiger charge is -2.12. The SMILES string of the molecule is c1ccc([C@H]2CC2NCC2(c3nc4ccccc4o3)CC2)cc1. The zero-order chi connectivity index (χ0) is 15.3. The molecule has 1 N–H and O–H groups in total. The second-order valence-corrected chi connectivity index (χ2v) is 7.01. The van der Waals surface area contributed by atoms with Gasteiger partial charge in [0.05, 0.1) is 5.41 Å². The number of rotatable bonds is 5. The first-order chi connectivity index (χ1) is 11.3. The van der Waals surface area contributed by atoms with Gasteiger partial charge >= 0.3 is 0 Å². The van der Waals surface area contributed by atoms with Crippen molar-refractivity contribution in [3.05, 3.63) is 66.1 Å². The predicted octanol–water partition coefficient (Wildman–Crippen LogP) is 4.01. The Hall–Kier alpha value is -2.13. The Morgan fingerprint density at radius 1 is 1.04 bits per heavy atom. The van der Waals surface area contributed by atoms with Gasteiger partial charge in [-0.2, -0.15) is 0 Å². The standard InChI is InChI=1S/C20H20N2O/c1-2-6-14(7-3-1)15-12-17(15)21-13-20(10-11-20)19-22-16-8-4-5-9-18(16)23-19/h1-9,15,17,21H,10-13H2/t15-,17?/m1/s1. The molecule has 0 saturated heterocycles. The van der Waals surface area contributed by atoms with Crippen LogP contribution in [0.4, 0.5) is 0 Å². The lowest BCUT2D eigenvalue weighted by atomic mass is 10.1. The summed E-state index contributed by atoms with van der Waals surface area (Å²) in [6.07, 6.45) is 3.60. The van der Waals surface area contributed by atoms with E-state index >= 15 is 0 Å². The number of nitrogens with one attached hydrogen (secondary N) is 1. The van der Waals surface area contributed by atoms with Crippen LogP contribution in [0.5, 0.6) is 0 Å². The van der Waals surface area contributed by atoms with E-state index in [1.165, 1.54) is 24.8 Å². The summed E-state index contributed by atoms with van der Waals surface area (Å²) >= 11 is 0. The number of para-hydroxylation sites is 2. The molecule has 1 unspecified atom stereocenters. The molecule has 116 valence electrons. The van der Waals surface area contributed by atoms with Crippen molar-refractivity contribution in [2.45, 2.75) is 36.6 Å². The monoisotopic (exact) mass is 304 g/mol. The highest BCUT2D eigenvalue weighted by Gasteiger charge is 2.50. The Labute approximate surface area is 135 Å². The van der Waals surface area contributed by atoms with Crippen molar-refractivity contribution in [3.8, 4) is 0 Å². The summed E-state index contributed by atoms with van der Waals surface area (Å²) in [5.74, 6) is 1.60. The first-order valence-corrected chi connectivity index (χ1v) is 8.48. The average Bonchev–Trinajstić information content (AvgIpc) is 3.50. The molecule has 2 aliphatic carbocycles. The fourth-order valence-electron chi connectivity index (χ4n) is 3.53. The Kier molecular flexibility index (Phi) is 2.86. The van der Waals surface area contributed by atoms with Crippen LogP contribution in [-0.4, -0.2) is 17.6 Å². The minimum absolute atomic E-state index is 0.128. The Morgan fingerprint density at radius 2 is 1.83 bits per heavy atom. The quantitative estimate of drug-likeness (QED) is 0.774. The van der Waals surface area contributed by atoms with Crippen molar-refractivity contribution in [2.24, 2.45) is 0 Å². The van der Waals surface area contributed by atoms with Crippen LogP contribution in [0.1, 0.15) is 36.6 Å². The normalized spacial score (nSPS) is 24.7. The van der Waals surface area contributed by atoms with Gasteiger partial charge in [-0.15, -0.1) is 0 Å². The smallest absolute Gasteiger partial charge is 0.202 e.